The number of nitrogens with zero attached hydrogens (tertiary/aromatic N) is 8. The Morgan fingerprint density at radius 2 is 1.75 bits per heavy atom. The number of benzene rings is 1. The Labute approximate surface area is 361 Å². The van der Waals surface area contributed by atoms with Gasteiger partial charge in [-0.15, -0.1) is 0 Å². The lowest BCUT2D eigenvalue weighted by molar-refractivity contribution is -0.136. The molecule has 9 rings (SSSR count). The summed E-state index contributed by atoms with van der Waals surface area (Å²) in [6.07, 6.45) is 8.09. The Morgan fingerprint density at radius 3 is 2.51 bits per heavy atom. The maximum Gasteiger partial charge on any atom is 0.284 e. The van der Waals surface area contributed by atoms with Crippen LogP contribution in [0.15, 0.2) is 42.9 Å². The van der Waals surface area contributed by atoms with Crippen molar-refractivity contribution in [2.24, 2.45) is 5.92 Å². The molecule has 3 aromatic heterocycles. The van der Waals surface area contributed by atoms with Gasteiger partial charge < -0.3 is 29.9 Å². The molecule has 1 atom stereocenters. The summed E-state index contributed by atoms with van der Waals surface area (Å²) in [4.78, 5) is 74.2. The van der Waals surface area contributed by atoms with Crippen LogP contribution in [-0.2, 0) is 19.1 Å². The van der Waals surface area contributed by atoms with Crippen LogP contribution in [0.25, 0.3) is 5.65 Å². The van der Waals surface area contributed by atoms with Crippen molar-refractivity contribution in [1.29, 1.82) is 0 Å². The lowest BCUT2D eigenvalue weighted by atomic mass is 9.85. The summed E-state index contributed by atoms with van der Waals surface area (Å²) in [7, 11) is 0. The molecule has 5 aliphatic rings. The first-order valence-electron chi connectivity index (χ1n) is 21.9. The van der Waals surface area contributed by atoms with Crippen molar-refractivity contribution in [1.82, 2.24) is 39.5 Å². The Kier molecular flexibility index (Phi) is 12.4. The minimum Gasteiger partial charge on any atom is -0.384 e. The zero-order valence-electron chi connectivity index (χ0n) is 34.8. The van der Waals surface area contributed by atoms with Crippen LogP contribution < -0.4 is 20.9 Å². The molecule has 1 aliphatic carbocycles. The molecular formula is C43H51F2N11O7. The minimum absolute atomic E-state index is 0.0178. The highest BCUT2D eigenvalue weighted by atomic mass is 19.3. The van der Waals surface area contributed by atoms with E-state index in [1.807, 2.05) is 6.07 Å². The number of carbonyl (C=O) groups excluding carboxylic acids is 5. The number of likely N-dealkylation sites (tertiary alicyclic amines) is 1. The van der Waals surface area contributed by atoms with Crippen molar-refractivity contribution in [2.75, 3.05) is 74.6 Å². The SMILES string of the molecule is O=C1CCC(N2C(=O)c3cccc(NCCCOC4CCN(CC5CCC(n6cc(NC(=O)c7cnn8ccc(N9CCOCC9)nc78)c(C(F)F)n6)CC5)CC4)c3C2=O)C(=O)N1. The lowest BCUT2D eigenvalue weighted by Crippen LogP contribution is -2.54. The third kappa shape index (κ3) is 9.01. The molecule has 5 amide bonds. The normalized spacial score (nSPS) is 22.6. The molecule has 3 N–H and O–H groups in total. The number of anilines is 3. The fourth-order valence-electron chi connectivity index (χ4n) is 9.45. The number of hydrogen-bond acceptors (Lipinski definition) is 13. The maximum atomic E-state index is 14.2. The molecule has 4 aliphatic heterocycles. The zero-order valence-corrected chi connectivity index (χ0v) is 34.8. The minimum atomic E-state index is -2.87. The van der Waals surface area contributed by atoms with Gasteiger partial charge >= 0.3 is 0 Å². The number of fused-ring (bicyclic) bond motifs is 2. The Morgan fingerprint density at radius 1 is 0.952 bits per heavy atom. The van der Waals surface area contributed by atoms with Crippen molar-refractivity contribution >= 4 is 52.4 Å². The Balaban J connectivity index is 0.702. The fraction of sp³-hybridized carbons (Fsp3) is 0.535. The first-order chi connectivity index (χ1) is 30.6. The number of rotatable bonds is 14. The maximum absolute atomic E-state index is 14.2. The molecule has 1 saturated carbocycles. The van der Waals surface area contributed by atoms with Crippen molar-refractivity contribution in [3.63, 3.8) is 0 Å². The molecule has 0 bridgehead atoms. The van der Waals surface area contributed by atoms with E-state index in [1.54, 1.807) is 29.1 Å². The Bertz CT molecular complexity index is 2370. The van der Waals surface area contributed by atoms with Crippen LogP contribution in [0, 0.1) is 5.92 Å². The highest BCUT2D eigenvalue weighted by Gasteiger charge is 2.45. The predicted octanol–water partition coefficient (Wildman–Crippen LogP) is 4.07. The van der Waals surface area contributed by atoms with Gasteiger partial charge in [0.05, 0.1) is 48.4 Å². The summed E-state index contributed by atoms with van der Waals surface area (Å²) in [5.41, 5.74) is 1.03. The van der Waals surface area contributed by atoms with Crippen molar-refractivity contribution in [3.05, 3.63) is 65.2 Å². The molecule has 18 nitrogen and oxygen atoms in total. The second-order valence-electron chi connectivity index (χ2n) is 16.9. The van der Waals surface area contributed by atoms with Gasteiger partial charge in [0.1, 0.15) is 17.4 Å². The first-order valence-corrected chi connectivity index (χ1v) is 21.9. The van der Waals surface area contributed by atoms with E-state index in [1.165, 1.54) is 16.9 Å². The van der Waals surface area contributed by atoms with Gasteiger partial charge in [-0.1, -0.05) is 6.07 Å². The molecule has 0 spiro atoms. The summed E-state index contributed by atoms with van der Waals surface area (Å²) in [5.74, 6) is -1.55. The zero-order chi connectivity index (χ0) is 43.6. The number of nitrogens with one attached hydrogen (secondary N) is 3. The van der Waals surface area contributed by atoms with Gasteiger partial charge in [-0.05, 0) is 75.5 Å². The van der Waals surface area contributed by atoms with E-state index in [-0.39, 0.29) is 47.4 Å². The highest BCUT2D eigenvalue weighted by molar-refractivity contribution is 6.25. The number of halogens is 2. The average Bonchev–Trinajstić information content (AvgIpc) is 3.99. The number of hydrogen-bond donors (Lipinski definition) is 3. The standard InChI is InChI=1S/C43H51F2N11O7/c44-38(45)37-32(48-40(58)30-23-47-54-17-13-34(49-39(30)54)53-18-21-62-22-19-53)25-55(51-37)27-7-5-26(6-8-27)24-52-15-11-28(12-16-52)63-20-2-14-46-31-4-1-3-29-36(31)43(61)56(42(29)60)33-9-10-35(57)50-41(33)59/h1,3-4,13,17,23,25-28,33,38,46H,2,5-12,14-16,18-22,24H2,(H,48,58)(H,50,57,59). The van der Waals surface area contributed by atoms with E-state index in [0.29, 0.717) is 68.9 Å². The smallest absolute Gasteiger partial charge is 0.284 e. The van der Waals surface area contributed by atoms with Gasteiger partial charge in [0.25, 0.3) is 24.1 Å². The average molecular weight is 872 g/mol. The number of alkyl halides is 2. The second kappa shape index (κ2) is 18.5. The summed E-state index contributed by atoms with van der Waals surface area (Å²) in [5, 5.41) is 16.7. The van der Waals surface area contributed by atoms with Crippen LogP contribution in [0.2, 0.25) is 0 Å². The third-order valence-corrected chi connectivity index (χ3v) is 12.8. The molecule has 334 valence electrons. The highest BCUT2D eigenvalue weighted by Crippen LogP contribution is 2.36. The predicted molar refractivity (Wildman–Crippen MR) is 224 cm³/mol. The van der Waals surface area contributed by atoms with Gasteiger partial charge in [-0.25, -0.2) is 18.3 Å². The largest absolute Gasteiger partial charge is 0.384 e. The number of carbonyl (C=O) groups is 5. The second-order valence-corrected chi connectivity index (χ2v) is 16.9. The molecule has 20 heteroatoms. The summed E-state index contributed by atoms with van der Waals surface area (Å²) in [6.45, 7) is 6.38. The summed E-state index contributed by atoms with van der Waals surface area (Å²) < 4.78 is 43.2. The quantitative estimate of drug-likeness (QED) is 0.121. The number of amides is 5. The van der Waals surface area contributed by atoms with E-state index in [0.717, 1.165) is 63.1 Å². The van der Waals surface area contributed by atoms with Crippen LogP contribution in [0.3, 0.4) is 0 Å². The molecule has 3 saturated heterocycles. The van der Waals surface area contributed by atoms with Crippen LogP contribution in [-0.4, -0.2) is 135 Å². The molecule has 4 aromatic rings. The number of ether oxygens (including phenoxy) is 2. The van der Waals surface area contributed by atoms with Gasteiger partial charge in [-0.2, -0.15) is 10.2 Å². The molecule has 7 heterocycles. The van der Waals surface area contributed by atoms with Crippen molar-refractivity contribution < 1.29 is 42.2 Å². The van der Waals surface area contributed by atoms with E-state index < -0.39 is 47.7 Å². The van der Waals surface area contributed by atoms with Gasteiger partial charge in [0.2, 0.25) is 11.8 Å². The first kappa shape index (κ1) is 42.4. The number of piperidine rings is 2. The van der Waals surface area contributed by atoms with Crippen molar-refractivity contribution in [3.8, 4) is 0 Å². The van der Waals surface area contributed by atoms with Crippen molar-refractivity contribution in [2.45, 2.75) is 82.4 Å². The van der Waals surface area contributed by atoms with E-state index in [9.17, 15) is 32.8 Å². The third-order valence-electron chi connectivity index (χ3n) is 12.8. The molecule has 1 aromatic carbocycles. The molecule has 4 fully saturated rings. The lowest BCUT2D eigenvalue weighted by Gasteiger charge is -2.36. The van der Waals surface area contributed by atoms with Gasteiger partial charge in [-0.3, -0.25) is 38.9 Å². The van der Waals surface area contributed by atoms with E-state index in [4.69, 9.17) is 9.47 Å². The topological polar surface area (TPSA) is 198 Å². The van der Waals surface area contributed by atoms with Gasteiger partial charge in [0, 0.05) is 70.4 Å². The molecule has 1 unspecified atom stereocenters. The van der Waals surface area contributed by atoms with E-state index in [2.05, 4.69) is 40.9 Å². The fourth-order valence-corrected chi connectivity index (χ4v) is 9.45. The number of morpholine rings is 1. The molecule has 63 heavy (non-hydrogen) atoms. The van der Waals surface area contributed by atoms with E-state index >= 15 is 0 Å². The van der Waals surface area contributed by atoms with Crippen LogP contribution in [0.4, 0.5) is 26.0 Å². The number of imide groups is 2. The number of aromatic nitrogens is 5. The summed E-state index contributed by atoms with van der Waals surface area (Å²) in [6, 6.07) is 5.77. The van der Waals surface area contributed by atoms with Crippen LogP contribution in [0.5, 0.6) is 0 Å². The summed E-state index contributed by atoms with van der Waals surface area (Å²) >= 11 is 0. The Hall–Kier alpha value is -5.86. The van der Waals surface area contributed by atoms with Gasteiger partial charge in [0.15, 0.2) is 11.3 Å². The van der Waals surface area contributed by atoms with Crippen LogP contribution >= 0.6 is 0 Å². The molecule has 0 radical (unpaired) electrons. The molecular weight excluding hydrogens is 821 g/mol. The monoisotopic (exact) mass is 871 g/mol. The van der Waals surface area contributed by atoms with Crippen LogP contribution in [0.1, 0.15) is 107 Å².